The van der Waals surface area contributed by atoms with E-state index in [0.29, 0.717) is 5.25 Å². The topological polar surface area (TPSA) is 54.5 Å². The van der Waals surface area contributed by atoms with Crippen molar-refractivity contribution in [3.8, 4) is 0 Å². The molecule has 0 bridgehead atoms. The molecule has 1 aliphatic heterocycles. The van der Waals surface area contributed by atoms with E-state index in [1.54, 1.807) is 4.90 Å². The fraction of sp³-hybridized carbons (Fsp3) is 0.562. The van der Waals surface area contributed by atoms with Gasteiger partial charge in [0.2, 0.25) is 5.91 Å². The Bertz CT molecular complexity index is 603. The monoisotopic (exact) mass is 341 g/mol. The predicted octanol–water partition coefficient (Wildman–Crippen LogP) is 2.51. The molecule has 0 saturated carbocycles. The van der Waals surface area contributed by atoms with E-state index in [1.165, 1.54) is 16.7 Å². The maximum atomic E-state index is 12.0. The Morgan fingerprint density at radius 2 is 1.82 bits per heavy atom. The van der Waals surface area contributed by atoms with Crippen molar-refractivity contribution in [2.45, 2.75) is 36.3 Å². The molecule has 1 amide bonds. The molecule has 1 aromatic carbocycles. The first-order valence-corrected chi connectivity index (χ1v) is 10.5. The number of likely N-dealkylation sites (tertiary alicyclic amines) is 1. The standard InChI is InChI=1S/C16H23NO3S2/c1-13-3-5-14(6-4-13)21-15-7-10-17(11-8-15)16(18)9-12-22(2,19)20/h3-6,15H,7-12H2,1-2H3. The summed E-state index contributed by atoms with van der Waals surface area (Å²) >= 11 is 1.87. The summed E-state index contributed by atoms with van der Waals surface area (Å²) in [6.07, 6.45) is 3.20. The largest absolute Gasteiger partial charge is 0.343 e. The molecule has 0 spiro atoms. The van der Waals surface area contributed by atoms with Gasteiger partial charge in [-0.1, -0.05) is 17.7 Å². The Morgan fingerprint density at radius 1 is 1.23 bits per heavy atom. The highest BCUT2D eigenvalue weighted by Gasteiger charge is 2.23. The van der Waals surface area contributed by atoms with Gasteiger partial charge in [0, 0.05) is 35.9 Å². The molecule has 0 atom stereocenters. The summed E-state index contributed by atoms with van der Waals surface area (Å²) in [4.78, 5) is 15.1. The number of carbonyl (C=O) groups excluding carboxylic acids is 1. The molecule has 22 heavy (non-hydrogen) atoms. The van der Waals surface area contributed by atoms with Gasteiger partial charge in [-0.3, -0.25) is 4.79 Å². The minimum atomic E-state index is -3.06. The second-order valence-corrected chi connectivity index (χ2v) is 9.52. The third kappa shape index (κ3) is 5.65. The number of thioether (sulfide) groups is 1. The number of hydrogen-bond acceptors (Lipinski definition) is 4. The number of aryl methyl sites for hydroxylation is 1. The molecule has 6 heteroatoms. The molecular formula is C16H23NO3S2. The average Bonchev–Trinajstić information content (AvgIpc) is 2.47. The van der Waals surface area contributed by atoms with Gasteiger partial charge in [0.15, 0.2) is 0 Å². The molecule has 4 nitrogen and oxygen atoms in total. The quantitative estimate of drug-likeness (QED) is 0.826. The maximum Gasteiger partial charge on any atom is 0.223 e. The van der Waals surface area contributed by atoms with Crippen LogP contribution in [0.2, 0.25) is 0 Å². The summed E-state index contributed by atoms with van der Waals surface area (Å²) in [6.45, 7) is 3.54. The fourth-order valence-corrected chi connectivity index (χ4v) is 4.13. The van der Waals surface area contributed by atoms with Crippen LogP contribution in [0.25, 0.3) is 0 Å². The molecule has 2 rings (SSSR count). The molecule has 122 valence electrons. The van der Waals surface area contributed by atoms with Crippen molar-refractivity contribution < 1.29 is 13.2 Å². The van der Waals surface area contributed by atoms with Gasteiger partial charge in [-0.2, -0.15) is 0 Å². The van der Waals surface area contributed by atoms with E-state index in [-0.39, 0.29) is 18.1 Å². The van der Waals surface area contributed by atoms with Crippen LogP contribution in [-0.4, -0.2) is 49.6 Å². The smallest absolute Gasteiger partial charge is 0.223 e. The zero-order chi connectivity index (χ0) is 16.2. The number of benzene rings is 1. The van der Waals surface area contributed by atoms with Crippen LogP contribution in [-0.2, 0) is 14.6 Å². The average molecular weight is 341 g/mol. The number of rotatable bonds is 5. The Labute approximate surface area is 137 Å². The van der Waals surface area contributed by atoms with Gasteiger partial charge in [0.05, 0.1) is 5.75 Å². The van der Waals surface area contributed by atoms with Gasteiger partial charge in [-0.05, 0) is 31.9 Å². The van der Waals surface area contributed by atoms with Crippen molar-refractivity contribution in [3.05, 3.63) is 29.8 Å². The molecule has 0 aromatic heterocycles. The third-order valence-corrected chi connectivity index (χ3v) is 6.10. The Balaban J connectivity index is 1.77. The van der Waals surface area contributed by atoms with E-state index in [1.807, 2.05) is 11.8 Å². The molecule has 1 heterocycles. The summed E-state index contributed by atoms with van der Waals surface area (Å²) in [7, 11) is -3.06. The first kappa shape index (κ1) is 17.3. The second-order valence-electron chi connectivity index (χ2n) is 5.89. The first-order chi connectivity index (χ1) is 10.3. The number of amides is 1. The molecule has 1 fully saturated rings. The molecule has 0 radical (unpaired) electrons. The van der Waals surface area contributed by atoms with Gasteiger partial charge >= 0.3 is 0 Å². The van der Waals surface area contributed by atoms with Crippen molar-refractivity contribution in [3.63, 3.8) is 0 Å². The van der Waals surface area contributed by atoms with Crippen molar-refractivity contribution in [2.75, 3.05) is 25.1 Å². The van der Waals surface area contributed by atoms with Gasteiger partial charge in [-0.25, -0.2) is 8.42 Å². The third-order valence-electron chi connectivity index (χ3n) is 3.81. The van der Waals surface area contributed by atoms with E-state index in [4.69, 9.17) is 0 Å². The van der Waals surface area contributed by atoms with Crippen LogP contribution in [0.3, 0.4) is 0 Å². The highest BCUT2D eigenvalue weighted by Crippen LogP contribution is 2.30. The summed E-state index contributed by atoms with van der Waals surface area (Å²) < 4.78 is 22.2. The van der Waals surface area contributed by atoms with Crippen LogP contribution in [0.1, 0.15) is 24.8 Å². The van der Waals surface area contributed by atoms with E-state index in [2.05, 4.69) is 31.2 Å². The Kier molecular flexibility index (Phi) is 5.92. The minimum absolute atomic E-state index is 0.0378. The first-order valence-electron chi connectivity index (χ1n) is 7.52. The lowest BCUT2D eigenvalue weighted by Crippen LogP contribution is -2.39. The number of sulfone groups is 1. The van der Waals surface area contributed by atoms with E-state index < -0.39 is 9.84 Å². The summed E-state index contributed by atoms with van der Waals surface area (Å²) in [5, 5.41) is 0.529. The maximum absolute atomic E-state index is 12.0. The number of hydrogen-bond donors (Lipinski definition) is 0. The van der Waals surface area contributed by atoms with Gasteiger partial charge < -0.3 is 4.90 Å². The summed E-state index contributed by atoms with van der Waals surface area (Å²) in [6, 6.07) is 8.52. The number of piperidine rings is 1. The van der Waals surface area contributed by atoms with Crippen molar-refractivity contribution >= 4 is 27.5 Å². The van der Waals surface area contributed by atoms with Crippen LogP contribution in [0.4, 0.5) is 0 Å². The Hall–Kier alpha value is -1.01. The zero-order valence-electron chi connectivity index (χ0n) is 13.1. The van der Waals surface area contributed by atoms with E-state index in [9.17, 15) is 13.2 Å². The van der Waals surface area contributed by atoms with Crippen molar-refractivity contribution in [2.24, 2.45) is 0 Å². The van der Waals surface area contributed by atoms with Crippen LogP contribution in [0.5, 0.6) is 0 Å². The molecule has 0 N–H and O–H groups in total. The van der Waals surface area contributed by atoms with Gasteiger partial charge in [0.25, 0.3) is 0 Å². The minimum Gasteiger partial charge on any atom is -0.343 e. The summed E-state index contributed by atoms with van der Waals surface area (Å²) in [5.41, 5.74) is 1.26. The molecule has 1 saturated heterocycles. The second kappa shape index (κ2) is 7.51. The fourth-order valence-electron chi connectivity index (χ4n) is 2.46. The van der Waals surface area contributed by atoms with Crippen molar-refractivity contribution in [1.82, 2.24) is 4.90 Å². The molecule has 1 aromatic rings. The lowest BCUT2D eigenvalue weighted by atomic mass is 10.1. The molecule has 0 aliphatic carbocycles. The number of carbonyl (C=O) groups is 1. The van der Waals surface area contributed by atoms with Crippen LogP contribution in [0.15, 0.2) is 29.2 Å². The Morgan fingerprint density at radius 3 is 2.36 bits per heavy atom. The normalized spacial score (nSPS) is 16.7. The zero-order valence-corrected chi connectivity index (χ0v) is 14.8. The SMILES string of the molecule is Cc1ccc(SC2CCN(C(=O)CCS(C)(=O)=O)CC2)cc1. The van der Waals surface area contributed by atoms with Gasteiger partial charge in [-0.15, -0.1) is 11.8 Å². The lowest BCUT2D eigenvalue weighted by molar-refractivity contribution is -0.131. The highest BCUT2D eigenvalue weighted by molar-refractivity contribution is 8.00. The molecule has 0 unspecified atom stereocenters. The van der Waals surface area contributed by atoms with E-state index >= 15 is 0 Å². The lowest BCUT2D eigenvalue weighted by Gasteiger charge is -2.31. The van der Waals surface area contributed by atoms with Crippen LogP contribution in [0, 0.1) is 6.92 Å². The van der Waals surface area contributed by atoms with E-state index in [0.717, 1.165) is 25.9 Å². The summed E-state index contributed by atoms with van der Waals surface area (Å²) in [5.74, 6) is -0.0895. The molecule has 1 aliphatic rings. The number of nitrogens with zero attached hydrogens (tertiary/aromatic N) is 1. The predicted molar refractivity (Wildman–Crippen MR) is 91.0 cm³/mol. The molecular weight excluding hydrogens is 318 g/mol. The highest BCUT2D eigenvalue weighted by atomic mass is 32.2. The van der Waals surface area contributed by atoms with Gasteiger partial charge in [0.1, 0.15) is 9.84 Å². The van der Waals surface area contributed by atoms with Crippen LogP contribution < -0.4 is 0 Å². The van der Waals surface area contributed by atoms with Crippen LogP contribution >= 0.6 is 11.8 Å². The van der Waals surface area contributed by atoms with Crippen molar-refractivity contribution in [1.29, 1.82) is 0 Å².